The maximum Gasteiger partial charge on any atom is 0.251 e. The first-order valence-corrected chi connectivity index (χ1v) is 5.77. The van der Waals surface area contributed by atoms with Crippen LogP contribution in [0.2, 0.25) is 0 Å². The minimum atomic E-state index is -0.301. The first-order valence-electron chi connectivity index (χ1n) is 5.77. The smallest absolute Gasteiger partial charge is 0.251 e. The number of hydrogen-bond donors (Lipinski definition) is 1. The predicted octanol–water partition coefficient (Wildman–Crippen LogP) is 0.232. The molecule has 0 bridgehead atoms. The quantitative estimate of drug-likeness (QED) is 0.712. The Balaban J connectivity index is 1.93. The number of nitrogens with one attached hydrogen (secondary N) is 1. The Morgan fingerprint density at radius 1 is 1.53 bits per heavy atom. The summed E-state index contributed by atoms with van der Waals surface area (Å²) in [5.74, 6) is 0.792. The van der Waals surface area contributed by atoms with Crippen LogP contribution in [0.5, 0.6) is 0 Å². The van der Waals surface area contributed by atoms with Crippen LogP contribution in [0.1, 0.15) is 19.8 Å². The molecule has 0 aliphatic carbocycles. The lowest BCUT2D eigenvalue weighted by molar-refractivity contribution is -0.140. The molecule has 0 aromatic carbocycles. The molecule has 3 atom stereocenters. The molecule has 4 nitrogen and oxygen atoms in total. The highest BCUT2D eigenvalue weighted by Gasteiger charge is 2.37. The summed E-state index contributed by atoms with van der Waals surface area (Å²) < 4.78 is 5.07. The first kappa shape index (κ1) is 10.9. The van der Waals surface area contributed by atoms with Crippen LogP contribution in [0.4, 0.5) is 0 Å². The van der Waals surface area contributed by atoms with Crippen LogP contribution in [0.25, 0.3) is 0 Å². The van der Waals surface area contributed by atoms with Crippen molar-refractivity contribution in [2.75, 3.05) is 26.7 Å². The number of methoxy groups -OCH3 is 1. The van der Waals surface area contributed by atoms with Gasteiger partial charge >= 0.3 is 0 Å². The number of nitrogens with zero attached hydrogens (tertiary/aromatic N) is 1. The Bertz CT molecular complexity index is 231. The van der Waals surface area contributed by atoms with Gasteiger partial charge in [0.05, 0.1) is 0 Å². The second-order valence-electron chi connectivity index (χ2n) is 4.58. The van der Waals surface area contributed by atoms with Gasteiger partial charge in [-0.25, -0.2) is 0 Å². The summed E-state index contributed by atoms with van der Waals surface area (Å²) in [6, 6.07) is 0.520. The van der Waals surface area contributed by atoms with Gasteiger partial charge in [-0.05, 0) is 32.2 Å². The van der Waals surface area contributed by atoms with Crippen molar-refractivity contribution in [1.82, 2.24) is 10.2 Å². The van der Waals surface area contributed by atoms with Crippen LogP contribution in [0, 0.1) is 5.92 Å². The third-order valence-electron chi connectivity index (χ3n) is 3.61. The Morgan fingerprint density at radius 3 is 3.00 bits per heavy atom. The fraction of sp³-hybridized carbons (Fsp3) is 0.909. The number of ether oxygens (including phenoxy) is 1. The highest BCUT2D eigenvalue weighted by Crippen LogP contribution is 2.25. The van der Waals surface area contributed by atoms with E-state index in [0.717, 1.165) is 19.6 Å². The van der Waals surface area contributed by atoms with Crippen LogP contribution in [0.3, 0.4) is 0 Å². The third kappa shape index (κ3) is 2.16. The number of carbonyl (C=O) groups is 1. The molecule has 15 heavy (non-hydrogen) atoms. The monoisotopic (exact) mass is 212 g/mol. The molecule has 86 valence electrons. The van der Waals surface area contributed by atoms with Crippen molar-refractivity contribution in [3.05, 3.63) is 0 Å². The largest absolute Gasteiger partial charge is 0.372 e. The van der Waals surface area contributed by atoms with E-state index in [1.807, 2.05) is 11.8 Å². The van der Waals surface area contributed by atoms with Crippen molar-refractivity contribution in [2.24, 2.45) is 5.92 Å². The maximum atomic E-state index is 11.9. The maximum absolute atomic E-state index is 11.9. The number of rotatable bonds is 2. The van der Waals surface area contributed by atoms with Crippen molar-refractivity contribution in [1.29, 1.82) is 0 Å². The van der Waals surface area contributed by atoms with Gasteiger partial charge < -0.3 is 15.0 Å². The van der Waals surface area contributed by atoms with E-state index in [1.54, 1.807) is 7.11 Å². The lowest BCUT2D eigenvalue weighted by Crippen LogP contribution is -2.42. The van der Waals surface area contributed by atoms with Gasteiger partial charge in [-0.15, -0.1) is 0 Å². The molecule has 2 saturated heterocycles. The van der Waals surface area contributed by atoms with Crippen LogP contribution < -0.4 is 5.32 Å². The normalized spacial score (nSPS) is 32.5. The van der Waals surface area contributed by atoms with Crippen LogP contribution in [-0.2, 0) is 9.53 Å². The lowest BCUT2D eigenvalue weighted by atomic mass is 9.94. The number of hydrogen-bond acceptors (Lipinski definition) is 3. The van der Waals surface area contributed by atoms with Crippen molar-refractivity contribution in [3.8, 4) is 0 Å². The summed E-state index contributed by atoms with van der Waals surface area (Å²) in [7, 11) is 1.59. The molecule has 1 unspecified atom stereocenters. The summed E-state index contributed by atoms with van der Waals surface area (Å²) >= 11 is 0. The van der Waals surface area contributed by atoms with Gasteiger partial charge in [0.2, 0.25) is 0 Å². The zero-order chi connectivity index (χ0) is 10.8. The molecule has 0 radical (unpaired) electrons. The second-order valence-corrected chi connectivity index (χ2v) is 4.58. The molecule has 2 fully saturated rings. The van der Waals surface area contributed by atoms with E-state index in [-0.39, 0.29) is 12.0 Å². The van der Waals surface area contributed by atoms with Crippen molar-refractivity contribution in [2.45, 2.75) is 31.9 Å². The van der Waals surface area contributed by atoms with Gasteiger partial charge in [-0.3, -0.25) is 4.79 Å². The zero-order valence-corrected chi connectivity index (χ0v) is 9.53. The van der Waals surface area contributed by atoms with Crippen LogP contribution >= 0.6 is 0 Å². The minimum absolute atomic E-state index is 0.133. The molecule has 0 aromatic rings. The van der Waals surface area contributed by atoms with E-state index < -0.39 is 0 Å². The molecule has 0 spiro atoms. The van der Waals surface area contributed by atoms with E-state index in [4.69, 9.17) is 4.74 Å². The van der Waals surface area contributed by atoms with Crippen LogP contribution in [0.15, 0.2) is 0 Å². The second kappa shape index (κ2) is 4.49. The molecule has 1 N–H and O–H groups in total. The Kier molecular flexibility index (Phi) is 3.26. The molecule has 2 rings (SSSR count). The fourth-order valence-corrected chi connectivity index (χ4v) is 2.58. The van der Waals surface area contributed by atoms with Gasteiger partial charge in [0.25, 0.3) is 5.91 Å². The van der Waals surface area contributed by atoms with E-state index in [1.165, 1.54) is 12.8 Å². The van der Waals surface area contributed by atoms with Crippen molar-refractivity contribution in [3.63, 3.8) is 0 Å². The summed E-state index contributed by atoms with van der Waals surface area (Å²) in [6.07, 6.45) is 2.19. The Labute approximate surface area is 91.0 Å². The van der Waals surface area contributed by atoms with E-state index in [0.29, 0.717) is 12.0 Å². The van der Waals surface area contributed by atoms with Gasteiger partial charge in [0.1, 0.15) is 6.10 Å². The summed E-state index contributed by atoms with van der Waals surface area (Å²) in [4.78, 5) is 13.8. The number of piperidine rings is 1. The average molecular weight is 212 g/mol. The minimum Gasteiger partial charge on any atom is -0.372 e. The van der Waals surface area contributed by atoms with Crippen molar-refractivity contribution < 1.29 is 9.53 Å². The summed E-state index contributed by atoms with van der Waals surface area (Å²) in [5.41, 5.74) is 0. The van der Waals surface area contributed by atoms with E-state index in [2.05, 4.69) is 5.32 Å². The molecule has 2 aliphatic heterocycles. The van der Waals surface area contributed by atoms with Gasteiger partial charge in [0.15, 0.2) is 0 Å². The van der Waals surface area contributed by atoms with Crippen molar-refractivity contribution >= 4 is 5.91 Å². The number of carbonyl (C=O) groups excluding carboxylic acids is 1. The summed E-state index contributed by atoms with van der Waals surface area (Å²) in [6.45, 7) is 4.68. The van der Waals surface area contributed by atoms with Gasteiger partial charge in [-0.2, -0.15) is 0 Å². The average Bonchev–Trinajstić information content (AvgIpc) is 2.70. The van der Waals surface area contributed by atoms with Gasteiger partial charge in [-0.1, -0.05) is 0 Å². The highest BCUT2D eigenvalue weighted by atomic mass is 16.5. The van der Waals surface area contributed by atoms with E-state index >= 15 is 0 Å². The molecule has 2 aliphatic rings. The first-order chi connectivity index (χ1) is 7.22. The molecule has 1 amide bonds. The molecular weight excluding hydrogens is 192 g/mol. The SMILES string of the molecule is COC(C)C(=O)N1C[C@@H]2CCCN[C@@H]2C1. The molecule has 0 aromatic heterocycles. The third-order valence-corrected chi connectivity index (χ3v) is 3.61. The molecule has 0 saturated carbocycles. The van der Waals surface area contributed by atoms with Gasteiger partial charge in [0, 0.05) is 26.2 Å². The van der Waals surface area contributed by atoms with E-state index in [9.17, 15) is 4.79 Å². The Hall–Kier alpha value is -0.610. The number of amides is 1. The number of fused-ring (bicyclic) bond motifs is 1. The van der Waals surface area contributed by atoms with Crippen LogP contribution in [-0.4, -0.2) is 49.7 Å². The summed E-state index contributed by atoms with van der Waals surface area (Å²) in [5, 5.41) is 3.49. The fourth-order valence-electron chi connectivity index (χ4n) is 2.58. The topological polar surface area (TPSA) is 41.6 Å². The Morgan fingerprint density at radius 2 is 2.33 bits per heavy atom. The molecule has 2 heterocycles. The molecule has 4 heteroatoms. The number of likely N-dealkylation sites (tertiary alicyclic amines) is 1. The standard InChI is InChI=1S/C11H20N2O2/c1-8(15-2)11(14)13-6-9-4-3-5-12-10(9)7-13/h8-10,12H,3-7H2,1-2H3/t8?,9-,10+/m0/s1. The molecular formula is C11H20N2O2. The highest BCUT2D eigenvalue weighted by molar-refractivity contribution is 5.80. The lowest BCUT2D eigenvalue weighted by Gasteiger charge is -2.24. The predicted molar refractivity (Wildman–Crippen MR) is 57.6 cm³/mol. The zero-order valence-electron chi connectivity index (χ0n) is 9.53.